The van der Waals surface area contributed by atoms with Gasteiger partial charge in [-0.2, -0.15) is 0 Å². The number of benzene rings is 2. The van der Waals surface area contributed by atoms with Gasteiger partial charge in [0, 0.05) is 30.2 Å². The van der Waals surface area contributed by atoms with Gasteiger partial charge < -0.3 is 25.8 Å². The summed E-state index contributed by atoms with van der Waals surface area (Å²) in [6.07, 6.45) is 2.07. The molecule has 1 fully saturated rings. The lowest BCUT2D eigenvalue weighted by Crippen LogP contribution is -2.47. The number of nitrogens with one attached hydrogen (secondary N) is 2. The Hall–Kier alpha value is -2.68. The first-order chi connectivity index (χ1) is 14.5. The van der Waals surface area contributed by atoms with Crippen LogP contribution < -0.4 is 21.1 Å². The van der Waals surface area contributed by atoms with Gasteiger partial charge in [0.25, 0.3) is 0 Å². The Morgan fingerprint density at radius 1 is 1.37 bits per heavy atom. The van der Waals surface area contributed by atoms with Gasteiger partial charge in [0.15, 0.2) is 0 Å². The molecule has 0 bridgehead atoms. The highest BCUT2D eigenvalue weighted by Gasteiger charge is 2.25. The summed E-state index contributed by atoms with van der Waals surface area (Å²) in [7, 11) is 0. The van der Waals surface area contributed by atoms with Gasteiger partial charge in [-0.05, 0) is 30.7 Å². The molecule has 2 heterocycles. The van der Waals surface area contributed by atoms with E-state index >= 15 is 0 Å². The zero-order chi connectivity index (χ0) is 21.1. The second-order valence-corrected chi connectivity index (χ2v) is 7.47. The highest BCUT2D eigenvalue weighted by atomic mass is 35.5. The fourth-order valence-corrected chi connectivity index (χ4v) is 3.60. The van der Waals surface area contributed by atoms with Crippen LogP contribution in [0.15, 0.2) is 36.7 Å². The van der Waals surface area contributed by atoms with Crippen molar-refractivity contribution < 1.29 is 13.9 Å². The summed E-state index contributed by atoms with van der Waals surface area (Å²) in [5, 5.41) is 7.20. The van der Waals surface area contributed by atoms with Crippen LogP contribution in [0, 0.1) is 5.82 Å². The van der Waals surface area contributed by atoms with E-state index in [1.165, 1.54) is 18.5 Å². The third-order valence-corrected chi connectivity index (χ3v) is 5.29. The molecule has 0 amide bonds. The van der Waals surface area contributed by atoms with Crippen molar-refractivity contribution in [2.24, 2.45) is 0 Å². The molecule has 4 N–H and O–H groups in total. The molecule has 2 atom stereocenters. The molecule has 4 rings (SSSR count). The fourth-order valence-electron chi connectivity index (χ4n) is 3.42. The minimum Gasteiger partial charge on any atom is -0.485 e. The number of nitrogens with zero attached hydrogens (tertiary/aromatic N) is 2. The molecule has 1 aliphatic rings. The smallest absolute Gasteiger partial charge is 0.144 e. The van der Waals surface area contributed by atoms with Crippen molar-refractivity contribution in [1.82, 2.24) is 15.3 Å². The van der Waals surface area contributed by atoms with Crippen molar-refractivity contribution in [2.45, 2.75) is 25.6 Å². The molecular weight excluding hydrogens is 409 g/mol. The van der Waals surface area contributed by atoms with E-state index in [4.69, 9.17) is 26.8 Å². The maximum atomic E-state index is 13.4. The maximum Gasteiger partial charge on any atom is 0.144 e. The maximum absolute atomic E-state index is 13.4. The van der Waals surface area contributed by atoms with E-state index in [2.05, 4.69) is 27.5 Å². The number of nitrogens with two attached hydrogens (primary N) is 1. The van der Waals surface area contributed by atoms with E-state index in [9.17, 15) is 4.39 Å². The van der Waals surface area contributed by atoms with Crippen LogP contribution in [0.2, 0.25) is 5.02 Å². The molecule has 2 unspecified atom stereocenters. The summed E-state index contributed by atoms with van der Waals surface area (Å²) in [6, 6.07) is 7.94. The number of hydrogen-bond acceptors (Lipinski definition) is 7. The molecule has 158 valence electrons. The third kappa shape index (κ3) is 4.40. The number of hydrogen-bond donors (Lipinski definition) is 3. The summed E-state index contributed by atoms with van der Waals surface area (Å²) in [5.41, 5.74) is 8.04. The normalized spacial score (nSPS) is 17.6. The standard InChI is InChI=1S/C21H23ClFN5O2/c1-2-18(20-10-25-5-6-29-20)30-19-9-17-13(8-16(19)24)21(27-11-26-17)28-12-3-4-15(23)14(22)7-12/h3-4,7-9,11,18,20,25H,2,5-6,10,24H2,1H3,(H,26,27,28). The number of morpholine rings is 1. The Morgan fingerprint density at radius 2 is 2.23 bits per heavy atom. The van der Waals surface area contributed by atoms with E-state index < -0.39 is 5.82 Å². The van der Waals surface area contributed by atoms with E-state index in [-0.39, 0.29) is 17.2 Å². The molecule has 0 radical (unpaired) electrons. The predicted octanol–water partition coefficient (Wildman–Crippen LogP) is 3.89. The first kappa shape index (κ1) is 20.6. The number of rotatable bonds is 6. The van der Waals surface area contributed by atoms with Crippen LogP contribution in [0.25, 0.3) is 10.9 Å². The largest absolute Gasteiger partial charge is 0.485 e. The summed E-state index contributed by atoms with van der Waals surface area (Å²) in [4.78, 5) is 8.64. The van der Waals surface area contributed by atoms with Crippen LogP contribution in [0.1, 0.15) is 13.3 Å². The molecule has 0 saturated carbocycles. The fraction of sp³-hybridized carbons (Fsp3) is 0.333. The SMILES string of the molecule is CCC(Oc1cc2ncnc(Nc3ccc(F)c(Cl)c3)c2cc1N)C1CNCCO1. The number of fused-ring (bicyclic) bond motifs is 1. The van der Waals surface area contributed by atoms with Crippen molar-refractivity contribution in [2.75, 3.05) is 30.7 Å². The summed E-state index contributed by atoms with van der Waals surface area (Å²) < 4.78 is 25.5. The Kier molecular flexibility index (Phi) is 6.17. The lowest BCUT2D eigenvalue weighted by atomic mass is 10.1. The molecule has 1 aromatic heterocycles. The van der Waals surface area contributed by atoms with Gasteiger partial charge in [-0.25, -0.2) is 14.4 Å². The van der Waals surface area contributed by atoms with Crippen LogP contribution in [0.4, 0.5) is 21.6 Å². The molecule has 0 aliphatic carbocycles. The molecule has 3 aromatic rings. The lowest BCUT2D eigenvalue weighted by molar-refractivity contribution is -0.0425. The third-order valence-electron chi connectivity index (χ3n) is 5.00. The zero-order valence-corrected chi connectivity index (χ0v) is 17.2. The van der Waals surface area contributed by atoms with Crippen LogP contribution in [-0.2, 0) is 4.74 Å². The molecule has 7 nitrogen and oxygen atoms in total. The van der Waals surface area contributed by atoms with Crippen LogP contribution >= 0.6 is 11.6 Å². The number of aromatic nitrogens is 2. The molecule has 9 heteroatoms. The topological polar surface area (TPSA) is 94.3 Å². The minimum atomic E-state index is -0.483. The number of nitrogen functional groups attached to an aromatic ring is 1. The van der Waals surface area contributed by atoms with Crippen LogP contribution in [-0.4, -0.2) is 41.9 Å². The monoisotopic (exact) mass is 431 g/mol. The van der Waals surface area contributed by atoms with Crippen LogP contribution in [0.3, 0.4) is 0 Å². The Labute approximate surface area is 178 Å². The molecule has 1 aliphatic heterocycles. The molecular formula is C21H23ClFN5O2. The van der Waals surface area contributed by atoms with Gasteiger partial charge in [-0.15, -0.1) is 0 Å². The Morgan fingerprint density at radius 3 is 2.97 bits per heavy atom. The summed E-state index contributed by atoms with van der Waals surface area (Å²) >= 11 is 5.87. The van der Waals surface area contributed by atoms with Gasteiger partial charge in [0.2, 0.25) is 0 Å². The second-order valence-electron chi connectivity index (χ2n) is 7.06. The van der Waals surface area contributed by atoms with Crippen molar-refractivity contribution >= 4 is 39.7 Å². The average Bonchev–Trinajstić information content (AvgIpc) is 2.76. The zero-order valence-electron chi connectivity index (χ0n) is 16.5. The lowest BCUT2D eigenvalue weighted by Gasteiger charge is -2.31. The van der Waals surface area contributed by atoms with Crippen LogP contribution in [0.5, 0.6) is 5.75 Å². The van der Waals surface area contributed by atoms with Crippen molar-refractivity contribution in [3.8, 4) is 5.75 Å². The Bertz CT molecular complexity index is 1050. The second kappa shape index (κ2) is 8.99. The highest BCUT2D eigenvalue weighted by molar-refractivity contribution is 6.31. The molecule has 0 spiro atoms. The van der Waals surface area contributed by atoms with Crippen molar-refractivity contribution in [3.63, 3.8) is 0 Å². The van der Waals surface area contributed by atoms with E-state index in [0.29, 0.717) is 40.5 Å². The van der Waals surface area contributed by atoms with Gasteiger partial charge in [-0.1, -0.05) is 18.5 Å². The van der Waals surface area contributed by atoms with E-state index in [1.807, 2.05) is 0 Å². The van der Waals surface area contributed by atoms with Crippen molar-refractivity contribution in [3.05, 3.63) is 47.5 Å². The number of ether oxygens (including phenoxy) is 2. The predicted molar refractivity (Wildman–Crippen MR) is 116 cm³/mol. The van der Waals surface area contributed by atoms with Gasteiger partial charge in [0.1, 0.15) is 35.9 Å². The van der Waals surface area contributed by atoms with Crippen molar-refractivity contribution in [1.29, 1.82) is 0 Å². The molecule has 30 heavy (non-hydrogen) atoms. The Balaban J connectivity index is 1.61. The molecule has 1 saturated heterocycles. The van der Waals surface area contributed by atoms with E-state index in [1.54, 1.807) is 18.2 Å². The quantitative estimate of drug-likeness (QED) is 0.509. The van der Waals surface area contributed by atoms with Gasteiger partial charge >= 0.3 is 0 Å². The number of anilines is 3. The summed E-state index contributed by atoms with van der Waals surface area (Å²) in [6.45, 7) is 4.30. The molecule has 2 aromatic carbocycles. The van der Waals surface area contributed by atoms with E-state index in [0.717, 1.165) is 19.5 Å². The minimum absolute atomic E-state index is 0.0265. The first-order valence-corrected chi connectivity index (χ1v) is 10.2. The van der Waals surface area contributed by atoms with Gasteiger partial charge in [0.05, 0.1) is 22.8 Å². The van der Waals surface area contributed by atoms with Gasteiger partial charge in [-0.3, -0.25) is 0 Å². The average molecular weight is 432 g/mol. The summed E-state index contributed by atoms with van der Waals surface area (Å²) in [5.74, 6) is 0.606. The highest BCUT2D eigenvalue weighted by Crippen LogP contribution is 2.33. The first-order valence-electron chi connectivity index (χ1n) is 9.80. The number of halogens is 2.